The monoisotopic (exact) mass is 494 g/mol. The Balaban J connectivity index is 1.68. The second-order valence-corrected chi connectivity index (χ2v) is 10.3. The molecule has 0 aliphatic carbocycles. The third-order valence-electron chi connectivity index (χ3n) is 5.84. The average Bonchev–Trinajstić information content (AvgIpc) is 2.87. The summed E-state index contributed by atoms with van der Waals surface area (Å²) in [6.07, 6.45) is 0.917. The zero-order chi connectivity index (χ0) is 25.6. The Morgan fingerprint density at radius 3 is 2.37 bits per heavy atom. The number of anilines is 2. The first-order valence-corrected chi connectivity index (χ1v) is 12.8. The van der Waals surface area contributed by atoms with Gasteiger partial charge in [0.1, 0.15) is 0 Å². The molecule has 1 N–H and O–H groups in total. The quantitative estimate of drug-likeness (QED) is 0.416. The summed E-state index contributed by atoms with van der Waals surface area (Å²) in [5.41, 5.74) is 3.23. The van der Waals surface area contributed by atoms with E-state index in [0.717, 1.165) is 21.9 Å². The molecule has 7 nitrogen and oxygen atoms in total. The number of para-hydroxylation sites is 1. The van der Waals surface area contributed by atoms with Crippen LogP contribution in [0.4, 0.5) is 11.4 Å². The molecule has 8 heteroatoms. The zero-order valence-corrected chi connectivity index (χ0v) is 21.1. The second-order valence-electron chi connectivity index (χ2n) is 8.36. The molecular formula is C27H30N2O5S. The summed E-state index contributed by atoms with van der Waals surface area (Å²) < 4.78 is 32.5. The lowest BCUT2D eigenvalue weighted by Crippen LogP contribution is -2.27. The van der Waals surface area contributed by atoms with Crippen LogP contribution in [0.1, 0.15) is 47.7 Å². The fraction of sp³-hybridized carbons (Fsp3) is 0.259. The molecule has 1 amide bonds. The molecule has 0 bridgehead atoms. The Kier molecular flexibility index (Phi) is 8.30. The Hall–Kier alpha value is -3.65. The maximum absolute atomic E-state index is 13.1. The highest BCUT2D eigenvalue weighted by Gasteiger charge is 2.23. The lowest BCUT2D eigenvalue weighted by atomic mass is 9.97. The molecule has 0 radical (unpaired) electrons. The normalized spacial score (nSPS) is 12.0. The summed E-state index contributed by atoms with van der Waals surface area (Å²) in [5.74, 6) is -1.00. The van der Waals surface area contributed by atoms with Crippen LogP contribution >= 0.6 is 0 Å². The molecule has 1 atom stereocenters. The van der Waals surface area contributed by atoms with Crippen molar-refractivity contribution < 1.29 is 22.7 Å². The SMILES string of the molecule is CC[C@H](C)c1ccccc1NC(=O)COC(=O)c1cccc(S(=O)(=O)N(C)c2ccc(C)cc2)c1. The first-order valence-electron chi connectivity index (χ1n) is 11.3. The Labute approximate surface area is 206 Å². The van der Waals surface area contributed by atoms with Crippen molar-refractivity contribution in [2.75, 3.05) is 23.3 Å². The molecule has 0 fully saturated rings. The van der Waals surface area contributed by atoms with E-state index < -0.39 is 28.5 Å². The Morgan fingerprint density at radius 1 is 1.00 bits per heavy atom. The van der Waals surface area contributed by atoms with E-state index in [1.54, 1.807) is 18.2 Å². The summed E-state index contributed by atoms with van der Waals surface area (Å²) in [6.45, 7) is 5.56. The van der Waals surface area contributed by atoms with Gasteiger partial charge in [-0.25, -0.2) is 13.2 Å². The number of carbonyl (C=O) groups excluding carboxylic acids is 2. The first-order chi connectivity index (χ1) is 16.6. The molecule has 0 saturated heterocycles. The molecule has 0 aromatic heterocycles. The van der Waals surface area contributed by atoms with Crippen LogP contribution < -0.4 is 9.62 Å². The van der Waals surface area contributed by atoms with Crippen molar-refractivity contribution in [1.29, 1.82) is 0 Å². The summed E-state index contributed by atoms with van der Waals surface area (Å²) in [4.78, 5) is 24.9. The van der Waals surface area contributed by atoms with E-state index in [1.807, 2.05) is 37.3 Å². The Morgan fingerprint density at radius 2 is 1.69 bits per heavy atom. The number of carbonyl (C=O) groups is 2. The number of hydrogen-bond acceptors (Lipinski definition) is 5. The number of ether oxygens (including phenoxy) is 1. The molecular weight excluding hydrogens is 464 g/mol. The number of nitrogens with zero attached hydrogens (tertiary/aromatic N) is 1. The highest BCUT2D eigenvalue weighted by molar-refractivity contribution is 7.92. The van der Waals surface area contributed by atoms with E-state index in [1.165, 1.54) is 31.3 Å². The van der Waals surface area contributed by atoms with Crippen molar-refractivity contribution in [3.8, 4) is 0 Å². The molecule has 35 heavy (non-hydrogen) atoms. The van der Waals surface area contributed by atoms with Crippen LogP contribution in [0.15, 0.2) is 77.7 Å². The van der Waals surface area contributed by atoms with Gasteiger partial charge in [0.05, 0.1) is 16.1 Å². The fourth-order valence-corrected chi connectivity index (χ4v) is 4.74. The predicted octanol–water partition coefficient (Wildman–Crippen LogP) is 5.13. The number of nitrogens with one attached hydrogen (secondary N) is 1. The maximum Gasteiger partial charge on any atom is 0.338 e. The smallest absolute Gasteiger partial charge is 0.338 e. The predicted molar refractivity (Wildman–Crippen MR) is 137 cm³/mol. The van der Waals surface area contributed by atoms with Crippen molar-refractivity contribution >= 4 is 33.3 Å². The number of aryl methyl sites for hydroxylation is 1. The van der Waals surface area contributed by atoms with Crippen molar-refractivity contribution in [2.45, 2.75) is 38.0 Å². The van der Waals surface area contributed by atoms with Gasteiger partial charge in [-0.3, -0.25) is 9.10 Å². The topological polar surface area (TPSA) is 92.8 Å². The summed E-state index contributed by atoms with van der Waals surface area (Å²) >= 11 is 0. The number of esters is 1. The van der Waals surface area contributed by atoms with Crippen molar-refractivity contribution in [3.05, 3.63) is 89.5 Å². The van der Waals surface area contributed by atoms with Crippen molar-refractivity contribution in [3.63, 3.8) is 0 Å². The van der Waals surface area contributed by atoms with Crippen LogP contribution in [-0.4, -0.2) is 33.9 Å². The third-order valence-corrected chi connectivity index (χ3v) is 7.62. The fourth-order valence-electron chi connectivity index (χ4n) is 3.50. The number of amides is 1. The van der Waals surface area contributed by atoms with E-state index in [-0.39, 0.29) is 16.4 Å². The lowest BCUT2D eigenvalue weighted by Gasteiger charge is -2.20. The molecule has 3 aromatic rings. The highest BCUT2D eigenvalue weighted by atomic mass is 32.2. The number of benzene rings is 3. The van der Waals surface area contributed by atoms with Crippen LogP contribution in [0, 0.1) is 6.92 Å². The molecule has 0 aliphatic rings. The third kappa shape index (κ3) is 6.27. The van der Waals surface area contributed by atoms with Crippen LogP contribution in [0.2, 0.25) is 0 Å². The molecule has 0 unspecified atom stereocenters. The minimum absolute atomic E-state index is 0.0381. The largest absolute Gasteiger partial charge is 0.452 e. The standard InChI is InChI=1S/C27H30N2O5S/c1-5-20(3)24-11-6-7-12-25(24)28-26(30)18-34-27(31)21-9-8-10-23(17-21)35(32,33)29(4)22-15-13-19(2)14-16-22/h6-17,20H,5,18H2,1-4H3,(H,28,30)/t20-/m0/s1. The molecule has 0 saturated carbocycles. The van der Waals surface area contributed by atoms with Crippen LogP contribution in [0.25, 0.3) is 0 Å². The van der Waals surface area contributed by atoms with Gasteiger partial charge in [0.25, 0.3) is 15.9 Å². The van der Waals surface area contributed by atoms with Gasteiger partial charge in [0.15, 0.2) is 6.61 Å². The zero-order valence-electron chi connectivity index (χ0n) is 20.3. The van der Waals surface area contributed by atoms with Crippen LogP contribution in [-0.2, 0) is 19.6 Å². The molecule has 184 valence electrons. The van der Waals surface area contributed by atoms with Crippen LogP contribution in [0.5, 0.6) is 0 Å². The minimum Gasteiger partial charge on any atom is -0.452 e. The number of rotatable bonds is 9. The number of hydrogen-bond donors (Lipinski definition) is 1. The lowest BCUT2D eigenvalue weighted by molar-refractivity contribution is -0.119. The maximum atomic E-state index is 13.1. The van der Waals surface area contributed by atoms with Gasteiger partial charge in [-0.05, 0) is 61.2 Å². The van der Waals surface area contributed by atoms with E-state index in [9.17, 15) is 18.0 Å². The summed E-state index contributed by atoms with van der Waals surface area (Å²) in [5, 5.41) is 2.79. The van der Waals surface area contributed by atoms with Gasteiger partial charge >= 0.3 is 5.97 Å². The van der Waals surface area contributed by atoms with Gasteiger partial charge < -0.3 is 10.1 Å². The molecule has 3 aromatic carbocycles. The van der Waals surface area contributed by atoms with Crippen molar-refractivity contribution in [2.24, 2.45) is 0 Å². The van der Waals surface area contributed by atoms with E-state index >= 15 is 0 Å². The highest BCUT2D eigenvalue weighted by Crippen LogP contribution is 2.26. The van der Waals surface area contributed by atoms with E-state index in [4.69, 9.17) is 4.74 Å². The van der Waals surface area contributed by atoms with E-state index in [2.05, 4.69) is 19.2 Å². The minimum atomic E-state index is -3.90. The molecule has 0 aliphatic heterocycles. The first kappa shape index (κ1) is 26.0. The molecule has 0 heterocycles. The molecule has 0 spiro atoms. The van der Waals surface area contributed by atoms with Crippen LogP contribution in [0.3, 0.4) is 0 Å². The van der Waals surface area contributed by atoms with Gasteiger partial charge in [-0.2, -0.15) is 0 Å². The molecule has 3 rings (SSSR count). The van der Waals surface area contributed by atoms with Gasteiger partial charge in [-0.1, -0.05) is 55.8 Å². The van der Waals surface area contributed by atoms with Gasteiger partial charge in [-0.15, -0.1) is 0 Å². The summed E-state index contributed by atoms with van der Waals surface area (Å²) in [7, 11) is -2.45. The number of sulfonamides is 1. The van der Waals surface area contributed by atoms with Gasteiger partial charge in [0.2, 0.25) is 0 Å². The van der Waals surface area contributed by atoms with E-state index in [0.29, 0.717) is 11.4 Å². The Bertz CT molecular complexity index is 1300. The second kappa shape index (κ2) is 11.2. The average molecular weight is 495 g/mol. The van der Waals surface area contributed by atoms with Gasteiger partial charge in [0, 0.05) is 12.7 Å². The van der Waals surface area contributed by atoms with Crippen molar-refractivity contribution in [1.82, 2.24) is 0 Å². The summed E-state index contributed by atoms with van der Waals surface area (Å²) in [6, 6.07) is 20.1.